The summed E-state index contributed by atoms with van der Waals surface area (Å²) in [6.07, 6.45) is -17.3. The Kier molecular flexibility index (Phi) is 28.8. The van der Waals surface area contributed by atoms with Crippen LogP contribution in [0.2, 0.25) is 0 Å². The maximum absolute atomic E-state index is 14.4. The number of aliphatic hydroxyl groups is 4. The molecule has 39 nitrogen and oxygen atoms in total. The molecule has 6 heterocycles. The maximum atomic E-state index is 14.4. The number of carboxylic acids is 1. The summed E-state index contributed by atoms with van der Waals surface area (Å²) in [4.78, 5) is 141. The van der Waals surface area contributed by atoms with Crippen molar-refractivity contribution in [3.05, 3.63) is 135 Å². The highest BCUT2D eigenvalue weighted by molar-refractivity contribution is 6.31. The van der Waals surface area contributed by atoms with Crippen molar-refractivity contribution in [2.24, 2.45) is 0 Å². The number of alkyl carbamates (subject to hydrolysis) is 1. The van der Waals surface area contributed by atoms with Crippen LogP contribution < -0.4 is 46.3 Å². The first-order chi connectivity index (χ1) is 59.1. The summed E-state index contributed by atoms with van der Waals surface area (Å²) < 4.78 is 65.2. The lowest BCUT2D eigenvalue weighted by atomic mass is 9.72. The Morgan fingerprint density at radius 2 is 1.46 bits per heavy atom. The molecular weight excluding hydrogens is 1610 g/mol. The first-order valence-electron chi connectivity index (χ1n) is 40.6. The molecule has 39 heteroatoms. The lowest BCUT2D eigenvalue weighted by Gasteiger charge is -2.43. The number of carbonyl (C=O) groups is 10. The van der Waals surface area contributed by atoms with Gasteiger partial charge in [0.05, 0.1) is 80.4 Å². The standard InChI is InChI=1S/C84H101N11O28/c1-42(2)95-67-48-16-9-10-18-52(48)94(40-45-14-7-8-15-47(45)66(67)91-92-95)60(99)21-12-11-20-59(98)90-51(39-89-58(97)25-30-116-33-32-113-4)77(107)85-26-24-57(96)88-38-46-34-44(22-23-54(46)121-80-74(106)72(104)73(105)76(123-80)79(108)109)41-118-83(111)87-28-27-86-82(110)84(112)36-50-63(71(103)65-64(69(50)101)68(100)49-17-13-19-55(114-5)62(49)70(65)102)56(37-84)120-61-35-53-75(43(3)119-61)122-78-81(115-6)117-31-29-93(53)78/h7-10,13-19,22-23,34,42-43,51,53,56,61,72-76,78,80-81,101,103-106,112H,11-12,20-21,24-33,35-41H2,1-6H3,(H,85,107)(H,86,110)(H,87,111)(H,88,96)(H,89,97)(H,90,98)(H,108,109). The fourth-order valence-corrected chi connectivity index (χ4v) is 16.4. The van der Waals surface area contributed by atoms with Crippen LogP contribution in [0.4, 0.5) is 10.5 Å². The van der Waals surface area contributed by atoms with Crippen LogP contribution in [-0.4, -0.2) is 275 Å². The number of aliphatic hydroxyl groups excluding tert-OH is 3. The smallest absolute Gasteiger partial charge is 0.407 e. The summed E-state index contributed by atoms with van der Waals surface area (Å²) in [5, 5.41) is 104. The number of hydrogen-bond donors (Lipinski definition) is 13. The first kappa shape index (κ1) is 89.6. The predicted molar refractivity (Wildman–Crippen MR) is 427 cm³/mol. The summed E-state index contributed by atoms with van der Waals surface area (Å²) in [5.74, 6) is -8.83. The van der Waals surface area contributed by atoms with Gasteiger partial charge in [0.2, 0.25) is 41.6 Å². The van der Waals surface area contributed by atoms with E-state index in [4.69, 9.17) is 52.1 Å². The third-order valence-electron chi connectivity index (χ3n) is 22.6. The highest BCUT2D eigenvalue weighted by Gasteiger charge is 2.56. The van der Waals surface area contributed by atoms with Gasteiger partial charge in [0.1, 0.15) is 71.4 Å². The molecule has 14 unspecified atom stereocenters. The number of hydrogen-bond acceptors (Lipinski definition) is 30. The Labute approximate surface area is 705 Å². The molecule has 0 bridgehead atoms. The van der Waals surface area contributed by atoms with Crippen LogP contribution in [0.15, 0.2) is 84.9 Å². The van der Waals surface area contributed by atoms with Crippen LogP contribution in [0.25, 0.3) is 22.5 Å². The van der Waals surface area contributed by atoms with Gasteiger partial charge in [-0.05, 0) is 69.0 Å². The molecule has 4 saturated heterocycles. The van der Waals surface area contributed by atoms with Crippen LogP contribution in [0.3, 0.4) is 0 Å². The zero-order valence-corrected chi connectivity index (χ0v) is 68.5. The largest absolute Gasteiger partial charge is 0.507 e. The number of amides is 7. The third kappa shape index (κ3) is 19.6. The molecule has 123 heavy (non-hydrogen) atoms. The third-order valence-corrected chi connectivity index (χ3v) is 22.6. The number of phenols is 2. The Bertz CT molecular complexity index is 4950. The fraction of sp³-hybridized carbons (Fsp3) is 0.500. The normalized spacial score (nSPS) is 23.9. The topological polar surface area (TPSA) is 523 Å². The minimum absolute atomic E-state index is 0.0276. The molecule has 660 valence electrons. The van der Waals surface area contributed by atoms with Crippen LogP contribution in [0.1, 0.15) is 144 Å². The molecule has 7 amide bonds. The Morgan fingerprint density at radius 1 is 0.715 bits per heavy atom. The molecule has 5 aliphatic heterocycles. The molecule has 4 fully saturated rings. The van der Waals surface area contributed by atoms with Gasteiger partial charge in [-0.3, -0.25) is 43.3 Å². The van der Waals surface area contributed by atoms with Gasteiger partial charge in [-0.25, -0.2) is 14.3 Å². The monoisotopic (exact) mass is 1710 g/mol. The molecule has 1 aromatic heterocycles. The van der Waals surface area contributed by atoms with E-state index in [0.29, 0.717) is 31.1 Å². The van der Waals surface area contributed by atoms with Crippen molar-refractivity contribution in [3.8, 4) is 45.5 Å². The number of benzene rings is 5. The number of rotatable bonds is 34. The number of ketones is 2. The zero-order chi connectivity index (χ0) is 87.7. The van der Waals surface area contributed by atoms with E-state index in [-0.39, 0.29) is 154 Å². The number of aliphatic carboxylic acids is 1. The van der Waals surface area contributed by atoms with Crippen molar-refractivity contribution in [1.82, 2.24) is 51.8 Å². The summed E-state index contributed by atoms with van der Waals surface area (Å²) in [6, 6.07) is 21.9. The number of morpholine rings is 1. The number of ether oxygens (including phenoxy) is 11. The van der Waals surface area contributed by atoms with E-state index in [1.165, 1.54) is 57.7 Å². The number of nitrogens with zero attached hydrogens (tertiary/aromatic N) is 5. The van der Waals surface area contributed by atoms with Crippen molar-refractivity contribution in [1.29, 1.82) is 0 Å². The number of aromatic hydroxyl groups is 2. The summed E-state index contributed by atoms with van der Waals surface area (Å²) in [5.41, 5.74) is 0.613. The molecule has 0 saturated carbocycles. The van der Waals surface area contributed by atoms with E-state index in [9.17, 15) is 83.7 Å². The number of phenolic OH excluding ortho intramolecular Hbond substituents is 2. The summed E-state index contributed by atoms with van der Waals surface area (Å²) in [6.45, 7) is 5.09. The Balaban J connectivity index is 0.632. The zero-order valence-electron chi connectivity index (χ0n) is 68.5. The number of carboxylic acid groups (broad SMARTS) is 1. The number of para-hydroxylation sites is 1. The number of carbonyl (C=O) groups excluding carboxylic acids is 9. The van der Waals surface area contributed by atoms with Gasteiger partial charge in [0, 0.05) is 144 Å². The first-order valence-corrected chi connectivity index (χ1v) is 40.6. The lowest BCUT2D eigenvalue weighted by Crippen LogP contribution is -2.61. The van der Waals surface area contributed by atoms with E-state index in [2.05, 4.69) is 47.1 Å². The number of aromatic nitrogens is 3. The van der Waals surface area contributed by atoms with E-state index < -0.39 is 181 Å². The molecule has 2 aliphatic carbocycles. The van der Waals surface area contributed by atoms with Crippen molar-refractivity contribution < 1.29 is 136 Å². The molecule has 13 N–H and O–H groups in total. The highest BCUT2D eigenvalue weighted by atomic mass is 16.7. The van der Waals surface area contributed by atoms with Crippen LogP contribution in [0, 0.1) is 0 Å². The minimum atomic E-state index is -2.48. The Morgan fingerprint density at radius 3 is 2.22 bits per heavy atom. The Hall–Kier alpha value is -11.2. The predicted octanol–water partition coefficient (Wildman–Crippen LogP) is 1.85. The number of fused-ring (bicyclic) bond motifs is 11. The second-order valence-electron chi connectivity index (χ2n) is 31.0. The van der Waals surface area contributed by atoms with Gasteiger partial charge in [-0.15, -0.1) is 5.10 Å². The molecule has 7 aliphatic rings. The average molecular weight is 1710 g/mol. The van der Waals surface area contributed by atoms with Crippen molar-refractivity contribution in [2.45, 2.75) is 190 Å². The minimum Gasteiger partial charge on any atom is -0.507 e. The van der Waals surface area contributed by atoms with Gasteiger partial charge >= 0.3 is 12.1 Å². The molecule has 0 spiro atoms. The van der Waals surface area contributed by atoms with E-state index in [1.807, 2.05) is 67.1 Å². The average Bonchev–Trinajstić information content (AvgIpc) is 1.68. The van der Waals surface area contributed by atoms with Crippen molar-refractivity contribution in [2.75, 3.05) is 85.4 Å². The van der Waals surface area contributed by atoms with Gasteiger partial charge < -0.3 is 125 Å². The van der Waals surface area contributed by atoms with Crippen LogP contribution in [-0.2, 0) is 102 Å². The van der Waals surface area contributed by atoms with Gasteiger partial charge in [0.25, 0.3) is 5.91 Å². The maximum Gasteiger partial charge on any atom is 0.407 e. The van der Waals surface area contributed by atoms with Gasteiger partial charge in [0.15, 0.2) is 30.7 Å². The fourth-order valence-electron chi connectivity index (χ4n) is 16.4. The van der Waals surface area contributed by atoms with E-state index in [1.54, 1.807) is 11.8 Å². The van der Waals surface area contributed by atoms with Crippen molar-refractivity contribution in [3.63, 3.8) is 0 Å². The number of anilines is 1. The number of unbranched alkanes of at least 4 members (excludes halogenated alkanes) is 1. The van der Waals surface area contributed by atoms with E-state index in [0.717, 1.165) is 22.4 Å². The van der Waals surface area contributed by atoms with Crippen molar-refractivity contribution >= 4 is 64.8 Å². The SMILES string of the molecule is COCCOCCC(=O)NCC(NC(=O)CCCCC(=O)N1Cc2ccccc2-c2nnn(C(C)C)c2-c2ccccc21)C(=O)NCCC(=O)NCc1cc(COC(=O)NCCNC(=O)C2(O)Cc3c(O)c4c(c(O)c3C(OC3CC5C(OC6C(OC)OCCN56)C(C)O3)C2)C(=O)c2c(OC)cccc2C4=O)ccc1OC1OC(C(=O)O)C(O)C(O)C1O. The molecular formula is C84H101N11O28. The molecule has 14 atom stereocenters. The summed E-state index contributed by atoms with van der Waals surface area (Å²) >= 11 is 0. The second-order valence-corrected chi connectivity index (χ2v) is 31.0. The highest BCUT2D eigenvalue weighted by Crippen LogP contribution is 2.54. The lowest BCUT2D eigenvalue weighted by molar-refractivity contribution is -0.271. The molecule has 6 aromatic rings. The number of methoxy groups -OCH3 is 3. The quantitative estimate of drug-likeness (QED) is 0.0202. The molecule has 0 radical (unpaired) electrons. The molecule has 13 rings (SSSR count). The summed E-state index contributed by atoms with van der Waals surface area (Å²) in [7, 11) is 4.29. The van der Waals surface area contributed by atoms with Gasteiger partial charge in [-0.2, -0.15) is 0 Å². The number of nitrogens with one attached hydrogen (secondary N) is 6. The van der Waals surface area contributed by atoms with Gasteiger partial charge in [-0.1, -0.05) is 65.9 Å². The second kappa shape index (κ2) is 39.6. The van der Waals surface area contributed by atoms with Crippen LogP contribution in [0.5, 0.6) is 23.0 Å². The molecule has 5 aromatic carbocycles. The van der Waals surface area contributed by atoms with E-state index >= 15 is 0 Å². The van der Waals surface area contributed by atoms with Crippen LogP contribution >= 0.6 is 0 Å².